The second-order valence-electron chi connectivity index (χ2n) is 9.83. The molecule has 4 nitrogen and oxygen atoms in total. The van der Waals surface area contributed by atoms with Crippen molar-refractivity contribution in [1.82, 2.24) is 0 Å². The summed E-state index contributed by atoms with van der Waals surface area (Å²) in [5.74, 6) is 2.29. The maximum atomic E-state index is 12.7. The van der Waals surface area contributed by atoms with Crippen LogP contribution in [0.3, 0.4) is 0 Å². The number of hydrogen-bond donors (Lipinski definition) is 0. The Morgan fingerprint density at radius 3 is 1.84 bits per heavy atom. The smallest absolute Gasteiger partial charge is 0.185 e. The molecule has 0 radical (unpaired) electrons. The standard InChI is InChI=1S/C28H38O4/c1-9-11-23-25(31-27(3,4)5)18-20(19-26(23)32-28(6,7)8)12-17-24(29)21-13-15-22(16-14-21)30-10-2/h12-19H,9-11H2,1-8H3/b17-12+. The van der Waals surface area contributed by atoms with E-state index in [9.17, 15) is 4.79 Å². The summed E-state index contributed by atoms with van der Waals surface area (Å²) in [4.78, 5) is 12.7. The molecule has 0 saturated heterocycles. The molecule has 32 heavy (non-hydrogen) atoms. The molecule has 4 heteroatoms. The van der Waals surface area contributed by atoms with Gasteiger partial charge >= 0.3 is 0 Å². The van der Waals surface area contributed by atoms with E-state index < -0.39 is 0 Å². The van der Waals surface area contributed by atoms with Crippen molar-refractivity contribution in [3.8, 4) is 17.2 Å². The molecule has 0 aliphatic carbocycles. The Hall–Kier alpha value is -2.75. The first-order valence-electron chi connectivity index (χ1n) is 11.4. The molecule has 0 amide bonds. The van der Waals surface area contributed by atoms with Gasteiger partial charge in [0.2, 0.25) is 0 Å². The highest BCUT2D eigenvalue weighted by molar-refractivity contribution is 6.06. The van der Waals surface area contributed by atoms with Crippen LogP contribution in [-0.2, 0) is 6.42 Å². The third kappa shape index (κ3) is 8.07. The summed E-state index contributed by atoms with van der Waals surface area (Å²) < 4.78 is 18.0. The fourth-order valence-electron chi connectivity index (χ4n) is 3.22. The lowest BCUT2D eigenvalue weighted by Gasteiger charge is -2.28. The molecule has 0 spiro atoms. The molecule has 0 fully saturated rings. The van der Waals surface area contributed by atoms with E-state index in [1.54, 1.807) is 18.2 Å². The lowest BCUT2D eigenvalue weighted by molar-refractivity contribution is 0.104. The Labute approximate surface area is 193 Å². The predicted molar refractivity (Wildman–Crippen MR) is 132 cm³/mol. The SMILES string of the molecule is CCCc1c(OC(C)(C)C)cc(/C=C/C(=O)c2ccc(OCC)cc2)cc1OC(C)(C)C. The Kier molecular flexibility index (Phi) is 8.54. The maximum Gasteiger partial charge on any atom is 0.185 e. The van der Waals surface area contributed by atoms with Crippen LogP contribution in [0.25, 0.3) is 6.08 Å². The van der Waals surface area contributed by atoms with Crippen molar-refractivity contribution in [3.05, 3.63) is 59.2 Å². The quantitative estimate of drug-likeness (QED) is 0.305. The number of ketones is 1. The molecule has 174 valence electrons. The van der Waals surface area contributed by atoms with E-state index in [2.05, 4.69) is 6.92 Å². The number of rotatable bonds is 9. The first-order chi connectivity index (χ1) is 14.9. The third-order valence-corrected chi connectivity index (χ3v) is 4.40. The average Bonchev–Trinajstić information content (AvgIpc) is 2.67. The van der Waals surface area contributed by atoms with Crippen LogP contribution in [0.1, 0.15) is 83.3 Å². The molecule has 2 aromatic carbocycles. The van der Waals surface area contributed by atoms with Gasteiger partial charge in [-0.25, -0.2) is 0 Å². The van der Waals surface area contributed by atoms with Crippen molar-refractivity contribution in [2.75, 3.05) is 6.61 Å². The number of allylic oxidation sites excluding steroid dienone is 1. The minimum absolute atomic E-state index is 0.0673. The van der Waals surface area contributed by atoms with Gasteiger partial charge in [0.1, 0.15) is 28.5 Å². The Morgan fingerprint density at radius 2 is 1.41 bits per heavy atom. The fourth-order valence-corrected chi connectivity index (χ4v) is 3.22. The van der Waals surface area contributed by atoms with Gasteiger partial charge in [0.05, 0.1) is 6.61 Å². The van der Waals surface area contributed by atoms with Crippen LogP contribution in [0, 0.1) is 0 Å². The fraction of sp³-hybridized carbons (Fsp3) is 0.464. The summed E-state index contributed by atoms with van der Waals surface area (Å²) in [5.41, 5.74) is 1.85. The summed E-state index contributed by atoms with van der Waals surface area (Å²) in [6.07, 6.45) is 5.24. The molecule has 0 unspecified atom stereocenters. The molecule has 0 atom stereocenters. The molecule has 0 saturated carbocycles. The van der Waals surface area contributed by atoms with E-state index in [0.717, 1.165) is 41.2 Å². The monoisotopic (exact) mass is 438 g/mol. The number of benzene rings is 2. The van der Waals surface area contributed by atoms with Gasteiger partial charge < -0.3 is 14.2 Å². The molecular formula is C28H38O4. The Balaban J connectivity index is 2.41. The van der Waals surface area contributed by atoms with E-state index in [1.165, 1.54) is 0 Å². The van der Waals surface area contributed by atoms with Gasteiger partial charge in [-0.2, -0.15) is 0 Å². The van der Waals surface area contributed by atoms with E-state index in [-0.39, 0.29) is 17.0 Å². The zero-order chi connectivity index (χ0) is 23.9. The minimum atomic E-state index is -0.345. The van der Waals surface area contributed by atoms with Crippen LogP contribution in [0.15, 0.2) is 42.5 Å². The molecule has 2 rings (SSSR count). The van der Waals surface area contributed by atoms with Crippen molar-refractivity contribution in [2.24, 2.45) is 0 Å². The lowest BCUT2D eigenvalue weighted by atomic mass is 10.0. The number of hydrogen-bond acceptors (Lipinski definition) is 4. The normalized spacial score (nSPS) is 12.1. The molecule has 2 aromatic rings. The van der Waals surface area contributed by atoms with Gasteiger partial charge in [0, 0.05) is 11.1 Å². The van der Waals surface area contributed by atoms with Gasteiger partial charge in [-0.1, -0.05) is 19.4 Å². The summed E-state index contributed by atoms with van der Waals surface area (Å²) in [7, 11) is 0. The summed E-state index contributed by atoms with van der Waals surface area (Å²) >= 11 is 0. The highest BCUT2D eigenvalue weighted by Gasteiger charge is 2.21. The van der Waals surface area contributed by atoms with Crippen molar-refractivity contribution in [3.63, 3.8) is 0 Å². The van der Waals surface area contributed by atoms with E-state index in [1.807, 2.05) is 78.8 Å². The Morgan fingerprint density at radius 1 is 0.875 bits per heavy atom. The van der Waals surface area contributed by atoms with Crippen LogP contribution in [0.4, 0.5) is 0 Å². The first kappa shape index (κ1) is 25.5. The minimum Gasteiger partial charge on any atom is -0.494 e. The predicted octanol–water partition coefficient (Wildman–Crippen LogP) is 7.29. The van der Waals surface area contributed by atoms with Crippen LogP contribution >= 0.6 is 0 Å². The van der Waals surface area contributed by atoms with E-state index in [4.69, 9.17) is 14.2 Å². The summed E-state index contributed by atoms with van der Waals surface area (Å²) in [6, 6.07) is 11.2. The third-order valence-electron chi connectivity index (χ3n) is 4.40. The van der Waals surface area contributed by atoms with E-state index in [0.29, 0.717) is 12.2 Å². The molecule has 0 aromatic heterocycles. The maximum absolute atomic E-state index is 12.7. The average molecular weight is 439 g/mol. The summed E-state index contributed by atoms with van der Waals surface area (Å²) in [5, 5.41) is 0. The molecular weight excluding hydrogens is 400 g/mol. The zero-order valence-electron chi connectivity index (χ0n) is 20.9. The topological polar surface area (TPSA) is 44.8 Å². The van der Waals surface area contributed by atoms with Crippen LogP contribution < -0.4 is 14.2 Å². The van der Waals surface area contributed by atoms with E-state index >= 15 is 0 Å². The molecule has 0 N–H and O–H groups in total. The number of ether oxygens (including phenoxy) is 3. The number of carbonyl (C=O) groups excluding carboxylic acids is 1. The zero-order valence-corrected chi connectivity index (χ0v) is 20.9. The van der Waals surface area contributed by atoms with Crippen LogP contribution in [0.5, 0.6) is 17.2 Å². The van der Waals surface area contributed by atoms with Crippen molar-refractivity contribution < 1.29 is 19.0 Å². The van der Waals surface area contributed by atoms with Crippen molar-refractivity contribution >= 4 is 11.9 Å². The van der Waals surface area contributed by atoms with Gasteiger partial charge in [-0.05, 0) is 103 Å². The lowest BCUT2D eigenvalue weighted by Crippen LogP contribution is -2.26. The van der Waals surface area contributed by atoms with Crippen LogP contribution in [-0.4, -0.2) is 23.6 Å². The van der Waals surface area contributed by atoms with Gasteiger partial charge in [-0.3, -0.25) is 4.79 Å². The highest BCUT2D eigenvalue weighted by atomic mass is 16.5. The van der Waals surface area contributed by atoms with Gasteiger partial charge in [0.15, 0.2) is 5.78 Å². The number of carbonyl (C=O) groups is 1. The van der Waals surface area contributed by atoms with Gasteiger partial charge in [-0.15, -0.1) is 0 Å². The summed E-state index contributed by atoms with van der Waals surface area (Å²) in [6.45, 7) is 16.9. The van der Waals surface area contributed by atoms with Crippen LogP contribution in [0.2, 0.25) is 0 Å². The molecule has 0 aliphatic rings. The highest BCUT2D eigenvalue weighted by Crippen LogP contribution is 2.36. The second kappa shape index (κ2) is 10.7. The van der Waals surface area contributed by atoms with Crippen molar-refractivity contribution in [1.29, 1.82) is 0 Å². The molecule has 0 bridgehead atoms. The first-order valence-corrected chi connectivity index (χ1v) is 11.4. The van der Waals surface area contributed by atoms with Crippen molar-refractivity contribution in [2.45, 2.75) is 79.4 Å². The second-order valence-corrected chi connectivity index (χ2v) is 9.83. The largest absolute Gasteiger partial charge is 0.494 e. The Bertz CT molecular complexity index is 888. The molecule has 0 aliphatic heterocycles. The molecule has 0 heterocycles. The van der Waals surface area contributed by atoms with Gasteiger partial charge in [0.25, 0.3) is 0 Å².